The van der Waals surface area contributed by atoms with Crippen LogP contribution >= 0.6 is 0 Å². The smallest absolute Gasteiger partial charge is 0.0621 e. The van der Waals surface area contributed by atoms with Gasteiger partial charge in [0, 0.05) is 18.6 Å². The van der Waals surface area contributed by atoms with Crippen molar-refractivity contribution < 1.29 is 4.74 Å². The van der Waals surface area contributed by atoms with Crippen LogP contribution in [0.2, 0.25) is 0 Å². The van der Waals surface area contributed by atoms with E-state index in [4.69, 9.17) is 10.5 Å². The van der Waals surface area contributed by atoms with Crippen LogP contribution in [-0.4, -0.2) is 18.8 Å². The molecule has 1 aliphatic heterocycles. The molecule has 1 saturated carbocycles. The number of nitrogens with two attached hydrogens (primary N) is 1. The molecule has 2 fully saturated rings. The number of fused-ring (bicyclic) bond motifs is 1. The van der Waals surface area contributed by atoms with Crippen molar-refractivity contribution in [2.75, 3.05) is 6.61 Å². The molecule has 2 rings (SSSR count). The third-order valence-corrected chi connectivity index (χ3v) is 3.18. The Morgan fingerprint density at radius 2 is 2.18 bits per heavy atom. The van der Waals surface area contributed by atoms with Gasteiger partial charge in [-0.25, -0.2) is 0 Å². The van der Waals surface area contributed by atoms with Gasteiger partial charge in [-0.2, -0.15) is 0 Å². The molecule has 4 atom stereocenters. The molecule has 0 aromatic carbocycles. The molecular formula is C9H17NO. The Labute approximate surface area is 68.1 Å². The van der Waals surface area contributed by atoms with E-state index in [1.807, 2.05) is 0 Å². The highest BCUT2D eigenvalue weighted by atomic mass is 16.5. The van der Waals surface area contributed by atoms with Gasteiger partial charge in [0.2, 0.25) is 0 Å². The Kier molecular flexibility index (Phi) is 1.90. The fraction of sp³-hybridized carbons (Fsp3) is 1.00. The zero-order valence-corrected chi connectivity index (χ0v) is 7.12. The Morgan fingerprint density at radius 3 is 2.91 bits per heavy atom. The molecule has 2 N–H and O–H groups in total. The predicted octanol–water partition coefficient (Wildman–Crippen LogP) is 1.15. The maximum Gasteiger partial charge on any atom is 0.0621 e. The molecule has 2 heteroatoms. The van der Waals surface area contributed by atoms with Crippen LogP contribution in [0.25, 0.3) is 0 Å². The zero-order valence-electron chi connectivity index (χ0n) is 7.12. The maximum atomic E-state index is 6.03. The van der Waals surface area contributed by atoms with E-state index < -0.39 is 0 Å². The topological polar surface area (TPSA) is 35.2 Å². The number of hydrogen-bond acceptors (Lipinski definition) is 2. The van der Waals surface area contributed by atoms with Gasteiger partial charge >= 0.3 is 0 Å². The van der Waals surface area contributed by atoms with Crippen molar-refractivity contribution in [1.82, 2.24) is 0 Å². The monoisotopic (exact) mass is 155 g/mol. The summed E-state index contributed by atoms with van der Waals surface area (Å²) in [6, 6.07) is 0.409. The van der Waals surface area contributed by atoms with Crippen LogP contribution in [0.3, 0.4) is 0 Å². The average Bonchev–Trinajstić information content (AvgIpc) is 2.34. The van der Waals surface area contributed by atoms with Crippen LogP contribution in [-0.2, 0) is 4.74 Å². The molecule has 2 aliphatic rings. The van der Waals surface area contributed by atoms with Gasteiger partial charge in [0.15, 0.2) is 0 Å². The van der Waals surface area contributed by atoms with Crippen molar-refractivity contribution in [2.24, 2.45) is 17.6 Å². The van der Waals surface area contributed by atoms with Crippen LogP contribution in [0, 0.1) is 11.8 Å². The molecule has 0 amide bonds. The van der Waals surface area contributed by atoms with E-state index in [1.165, 1.54) is 19.3 Å². The van der Waals surface area contributed by atoms with Crippen molar-refractivity contribution in [2.45, 2.75) is 38.3 Å². The highest BCUT2D eigenvalue weighted by molar-refractivity contribution is 4.91. The minimum absolute atomic E-state index is 0.409. The van der Waals surface area contributed by atoms with Crippen molar-refractivity contribution in [3.63, 3.8) is 0 Å². The third kappa shape index (κ3) is 1.18. The fourth-order valence-corrected chi connectivity index (χ4v) is 2.58. The van der Waals surface area contributed by atoms with Crippen LogP contribution in [0.1, 0.15) is 26.2 Å². The number of hydrogen-bond donors (Lipinski definition) is 1. The molecule has 0 aromatic rings. The van der Waals surface area contributed by atoms with Crippen molar-refractivity contribution in [3.05, 3.63) is 0 Å². The first-order valence-electron chi connectivity index (χ1n) is 4.66. The molecule has 0 aromatic heterocycles. The van der Waals surface area contributed by atoms with E-state index in [0.717, 1.165) is 6.61 Å². The van der Waals surface area contributed by atoms with E-state index in [2.05, 4.69) is 6.92 Å². The van der Waals surface area contributed by atoms with Gasteiger partial charge < -0.3 is 10.5 Å². The summed E-state index contributed by atoms with van der Waals surface area (Å²) < 4.78 is 5.66. The van der Waals surface area contributed by atoms with Crippen LogP contribution in [0.15, 0.2) is 0 Å². The van der Waals surface area contributed by atoms with Gasteiger partial charge in [0.1, 0.15) is 0 Å². The minimum atomic E-state index is 0.409. The van der Waals surface area contributed by atoms with Crippen molar-refractivity contribution >= 4 is 0 Å². The van der Waals surface area contributed by atoms with Crippen LogP contribution in [0.4, 0.5) is 0 Å². The summed E-state index contributed by atoms with van der Waals surface area (Å²) in [7, 11) is 0. The molecule has 2 nitrogen and oxygen atoms in total. The predicted molar refractivity (Wildman–Crippen MR) is 44.2 cm³/mol. The Bertz CT molecular complexity index is 146. The van der Waals surface area contributed by atoms with E-state index in [1.54, 1.807) is 0 Å². The third-order valence-electron chi connectivity index (χ3n) is 3.18. The summed E-state index contributed by atoms with van der Waals surface area (Å²) >= 11 is 0. The first-order valence-corrected chi connectivity index (χ1v) is 4.66. The maximum absolute atomic E-state index is 6.03. The lowest BCUT2D eigenvalue weighted by Crippen LogP contribution is -2.41. The molecule has 0 bridgehead atoms. The summed E-state index contributed by atoms with van der Waals surface area (Å²) in [5.41, 5.74) is 6.03. The second-order valence-electron chi connectivity index (χ2n) is 4.02. The molecule has 0 spiro atoms. The standard InChI is InChI=1S/C9H17NO/c1-6-5-11-8-4-2-3-7(10)9(6)8/h6-9H,2-5,10H2,1H3/t6-,7+,8-,9+/m1/s1. The summed E-state index contributed by atoms with van der Waals surface area (Å²) in [5.74, 6) is 1.35. The van der Waals surface area contributed by atoms with Gasteiger partial charge in [-0.15, -0.1) is 0 Å². The van der Waals surface area contributed by atoms with Gasteiger partial charge in [-0.1, -0.05) is 6.92 Å². The molecular weight excluding hydrogens is 138 g/mol. The Morgan fingerprint density at radius 1 is 1.36 bits per heavy atom. The summed E-state index contributed by atoms with van der Waals surface area (Å²) in [6.45, 7) is 3.19. The first kappa shape index (κ1) is 7.56. The normalized spacial score (nSPS) is 50.7. The highest BCUT2D eigenvalue weighted by Crippen LogP contribution is 2.36. The first-order chi connectivity index (χ1) is 5.29. The number of rotatable bonds is 0. The molecule has 1 aliphatic carbocycles. The molecule has 0 unspecified atom stereocenters. The lowest BCUT2D eigenvalue weighted by atomic mass is 9.78. The zero-order chi connectivity index (χ0) is 7.84. The molecule has 11 heavy (non-hydrogen) atoms. The summed E-state index contributed by atoms with van der Waals surface area (Å²) in [5, 5.41) is 0. The average molecular weight is 155 g/mol. The second-order valence-corrected chi connectivity index (χ2v) is 4.02. The van der Waals surface area contributed by atoms with E-state index in [9.17, 15) is 0 Å². The van der Waals surface area contributed by atoms with Crippen molar-refractivity contribution in [3.8, 4) is 0 Å². The van der Waals surface area contributed by atoms with E-state index >= 15 is 0 Å². The SMILES string of the molecule is C[C@@H]1CO[C@@H]2CCC[C@H](N)[C@H]12. The van der Waals surface area contributed by atoms with Gasteiger partial charge in [0.25, 0.3) is 0 Å². The quantitative estimate of drug-likeness (QED) is 0.569. The molecule has 64 valence electrons. The van der Waals surface area contributed by atoms with Gasteiger partial charge in [-0.05, 0) is 25.2 Å². The molecule has 1 saturated heterocycles. The second kappa shape index (κ2) is 2.76. The van der Waals surface area contributed by atoms with Crippen molar-refractivity contribution in [1.29, 1.82) is 0 Å². The Hall–Kier alpha value is -0.0800. The lowest BCUT2D eigenvalue weighted by molar-refractivity contribution is 0.0593. The van der Waals surface area contributed by atoms with Crippen LogP contribution < -0.4 is 5.73 Å². The summed E-state index contributed by atoms with van der Waals surface area (Å²) in [4.78, 5) is 0. The number of ether oxygens (including phenoxy) is 1. The van der Waals surface area contributed by atoms with Crippen LogP contribution in [0.5, 0.6) is 0 Å². The highest BCUT2D eigenvalue weighted by Gasteiger charge is 2.40. The van der Waals surface area contributed by atoms with E-state index in [0.29, 0.717) is 24.0 Å². The van der Waals surface area contributed by atoms with Gasteiger partial charge in [-0.3, -0.25) is 0 Å². The fourth-order valence-electron chi connectivity index (χ4n) is 2.58. The van der Waals surface area contributed by atoms with E-state index in [-0.39, 0.29) is 0 Å². The lowest BCUT2D eigenvalue weighted by Gasteiger charge is -2.31. The molecule has 0 radical (unpaired) electrons. The Balaban J connectivity index is 2.08. The largest absolute Gasteiger partial charge is 0.378 e. The van der Waals surface area contributed by atoms with Gasteiger partial charge in [0.05, 0.1) is 6.10 Å². The molecule has 1 heterocycles. The summed E-state index contributed by atoms with van der Waals surface area (Å²) in [6.07, 6.45) is 4.20. The minimum Gasteiger partial charge on any atom is -0.378 e.